The Morgan fingerprint density at radius 3 is 1.79 bits per heavy atom. The van der Waals surface area contributed by atoms with Gasteiger partial charge in [0.1, 0.15) is 22.7 Å². The van der Waals surface area contributed by atoms with E-state index in [1.165, 1.54) is 22.3 Å². The molecule has 2 unspecified atom stereocenters. The molecule has 7 heteroatoms. The summed E-state index contributed by atoms with van der Waals surface area (Å²) >= 11 is 0. The maximum absolute atomic E-state index is 11.1. The SMILES string of the molecule is Cc1c(C)c([N+](=O)[O-])c(C)c2c1OC(C)(CO)C2.Cc1cc(C)c2c(c1C)OC(C)(CO)C2. The molecule has 33 heavy (non-hydrogen) atoms. The van der Waals surface area contributed by atoms with Gasteiger partial charge in [-0.1, -0.05) is 6.07 Å². The van der Waals surface area contributed by atoms with Gasteiger partial charge in [-0.2, -0.15) is 0 Å². The molecule has 0 fully saturated rings. The highest BCUT2D eigenvalue weighted by molar-refractivity contribution is 5.63. The van der Waals surface area contributed by atoms with Crippen LogP contribution in [-0.2, 0) is 12.8 Å². The fourth-order valence-electron chi connectivity index (χ4n) is 4.75. The van der Waals surface area contributed by atoms with Gasteiger partial charge in [-0.25, -0.2) is 0 Å². The first-order valence-corrected chi connectivity index (χ1v) is 11.2. The first kappa shape index (κ1) is 25.0. The van der Waals surface area contributed by atoms with Crippen LogP contribution in [0.15, 0.2) is 6.07 Å². The highest BCUT2D eigenvalue weighted by atomic mass is 16.6. The summed E-state index contributed by atoms with van der Waals surface area (Å²) in [7, 11) is 0. The Kier molecular flexibility index (Phi) is 6.52. The molecule has 0 saturated heterocycles. The zero-order valence-corrected chi connectivity index (χ0v) is 20.9. The number of rotatable bonds is 3. The van der Waals surface area contributed by atoms with E-state index in [2.05, 4.69) is 26.8 Å². The molecule has 0 saturated carbocycles. The number of hydrogen-bond donors (Lipinski definition) is 2. The molecule has 0 radical (unpaired) electrons. The van der Waals surface area contributed by atoms with Crippen LogP contribution < -0.4 is 9.47 Å². The molecule has 0 amide bonds. The van der Waals surface area contributed by atoms with Gasteiger partial charge in [0, 0.05) is 40.7 Å². The highest BCUT2D eigenvalue weighted by Crippen LogP contribution is 2.45. The van der Waals surface area contributed by atoms with Crippen LogP contribution in [0.4, 0.5) is 5.69 Å². The molecule has 2 aliphatic rings. The molecule has 2 aromatic rings. The third-order valence-electron chi connectivity index (χ3n) is 7.11. The summed E-state index contributed by atoms with van der Waals surface area (Å²) in [6.45, 7) is 15.3. The van der Waals surface area contributed by atoms with Crippen LogP contribution >= 0.6 is 0 Å². The number of aliphatic hydroxyl groups excluding tert-OH is 2. The minimum absolute atomic E-state index is 0.0691. The predicted octanol–water partition coefficient (Wildman–Crippen LogP) is 4.50. The van der Waals surface area contributed by atoms with Gasteiger partial charge in [0.15, 0.2) is 0 Å². The molecule has 0 bridgehead atoms. The molecule has 2 aliphatic heterocycles. The third kappa shape index (κ3) is 4.32. The number of nitrogens with zero attached hydrogens (tertiary/aromatic N) is 1. The summed E-state index contributed by atoms with van der Waals surface area (Å²) in [6, 6.07) is 2.20. The Labute approximate surface area is 195 Å². The Balaban J connectivity index is 0.000000189. The van der Waals surface area contributed by atoms with E-state index in [1.54, 1.807) is 13.8 Å². The van der Waals surface area contributed by atoms with Crippen LogP contribution in [0, 0.1) is 51.7 Å². The fourth-order valence-corrected chi connectivity index (χ4v) is 4.75. The van der Waals surface area contributed by atoms with Crippen molar-refractivity contribution in [2.75, 3.05) is 13.2 Å². The van der Waals surface area contributed by atoms with Crippen molar-refractivity contribution in [3.05, 3.63) is 60.7 Å². The second kappa shape index (κ2) is 8.61. The average molecular weight is 458 g/mol. The van der Waals surface area contributed by atoms with Gasteiger partial charge < -0.3 is 19.7 Å². The zero-order chi connectivity index (χ0) is 24.9. The minimum atomic E-state index is -0.667. The number of aliphatic hydroxyl groups is 2. The molecule has 2 atom stereocenters. The van der Waals surface area contributed by atoms with Crippen molar-refractivity contribution in [1.82, 2.24) is 0 Å². The molecular weight excluding hydrogens is 422 g/mol. The average Bonchev–Trinajstić information content (AvgIpc) is 3.31. The number of nitro groups is 1. The normalized spacial score (nSPS) is 22.6. The van der Waals surface area contributed by atoms with Crippen molar-refractivity contribution in [2.24, 2.45) is 0 Å². The van der Waals surface area contributed by atoms with Crippen molar-refractivity contribution in [1.29, 1.82) is 0 Å². The van der Waals surface area contributed by atoms with Crippen molar-refractivity contribution in [2.45, 2.75) is 79.4 Å². The Hall–Kier alpha value is -2.64. The maximum Gasteiger partial charge on any atom is 0.275 e. The topological polar surface area (TPSA) is 102 Å². The van der Waals surface area contributed by atoms with Crippen molar-refractivity contribution in [3.63, 3.8) is 0 Å². The van der Waals surface area contributed by atoms with Crippen LogP contribution in [0.5, 0.6) is 11.5 Å². The molecule has 2 aromatic carbocycles. The second-order valence-electron chi connectivity index (χ2n) is 10.0. The second-order valence-corrected chi connectivity index (χ2v) is 10.0. The summed E-state index contributed by atoms with van der Waals surface area (Å²) < 4.78 is 11.7. The van der Waals surface area contributed by atoms with Crippen molar-refractivity contribution in [3.8, 4) is 11.5 Å². The van der Waals surface area contributed by atoms with Crippen molar-refractivity contribution >= 4 is 5.69 Å². The van der Waals surface area contributed by atoms with E-state index in [9.17, 15) is 20.3 Å². The zero-order valence-electron chi connectivity index (χ0n) is 20.9. The predicted molar refractivity (Wildman–Crippen MR) is 128 cm³/mol. The lowest BCUT2D eigenvalue weighted by molar-refractivity contribution is -0.386. The molecule has 2 N–H and O–H groups in total. The molecular formula is C26H35NO6. The quantitative estimate of drug-likeness (QED) is 0.520. The monoisotopic (exact) mass is 457 g/mol. The lowest BCUT2D eigenvalue weighted by Crippen LogP contribution is -2.34. The number of nitro benzene ring substituents is 1. The summed E-state index contributed by atoms with van der Waals surface area (Å²) in [5.74, 6) is 1.69. The third-order valence-corrected chi connectivity index (χ3v) is 7.11. The first-order chi connectivity index (χ1) is 15.3. The summed E-state index contributed by atoms with van der Waals surface area (Å²) in [4.78, 5) is 10.8. The summed E-state index contributed by atoms with van der Waals surface area (Å²) in [5.41, 5.74) is 6.98. The number of benzene rings is 2. The number of fused-ring (bicyclic) bond motifs is 2. The van der Waals surface area contributed by atoms with Crippen LogP contribution in [0.1, 0.15) is 58.4 Å². The van der Waals surface area contributed by atoms with Crippen LogP contribution in [0.25, 0.3) is 0 Å². The number of ether oxygens (including phenoxy) is 2. The maximum atomic E-state index is 11.1. The molecule has 0 aliphatic carbocycles. The fraction of sp³-hybridized carbons (Fsp3) is 0.538. The van der Waals surface area contributed by atoms with Gasteiger partial charge in [0.05, 0.1) is 18.1 Å². The van der Waals surface area contributed by atoms with Gasteiger partial charge in [0.2, 0.25) is 0 Å². The standard InChI is InChI=1S/C13H17NO4.C13H18O2/c1-7-8(2)12-10(5-13(4,6-15)18-12)9(3)11(7)14(16)17;1-8-5-9(2)11-6-13(4,7-14)15-12(11)10(8)3/h15H,5-6H2,1-4H3;5,14H,6-7H2,1-4H3. The molecule has 2 heterocycles. The van der Waals surface area contributed by atoms with E-state index in [0.717, 1.165) is 23.3 Å². The van der Waals surface area contributed by atoms with Gasteiger partial charge in [-0.05, 0) is 72.1 Å². The van der Waals surface area contributed by atoms with Crippen molar-refractivity contribution < 1.29 is 24.6 Å². The number of hydrogen-bond acceptors (Lipinski definition) is 6. The molecule has 0 spiro atoms. The smallest absolute Gasteiger partial charge is 0.275 e. The first-order valence-electron chi connectivity index (χ1n) is 11.2. The summed E-state index contributed by atoms with van der Waals surface area (Å²) in [6.07, 6.45) is 1.32. The van der Waals surface area contributed by atoms with Crippen LogP contribution in [-0.4, -0.2) is 39.6 Å². The molecule has 7 nitrogen and oxygen atoms in total. The van der Waals surface area contributed by atoms with E-state index in [0.29, 0.717) is 23.3 Å². The van der Waals surface area contributed by atoms with E-state index in [4.69, 9.17) is 9.47 Å². The van der Waals surface area contributed by atoms with Gasteiger partial charge in [0.25, 0.3) is 5.69 Å². The van der Waals surface area contributed by atoms with E-state index >= 15 is 0 Å². The Morgan fingerprint density at radius 2 is 1.30 bits per heavy atom. The van der Waals surface area contributed by atoms with Gasteiger partial charge in [-0.3, -0.25) is 10.1 Å². The Bertz CT molecular complexity index is 1120. The highest BCUT2D eigenvalue weighted by Gasteiger charge is 2.39. The van der Waals surface area contributed by atoms with E-state index in [-0.39, 0.29) is 23.8 Å². The number of aryl methyl sites for hydroxylation is 2. The van der Waals surface area contributed by atoms with Crippen LogP contribution in [0.3, 0.4) is 0 Å². The minimum Gasteiger partial charge on any atom is -0.484 e. The molecule has 180 valence electrons. The van der Waals surface area contributed by atoms with Crippen LogP contribution in [0.2, 0.25) is 0 Å². The lowest BCUT2D eigenvalue weighted by Gasteiger charge is -2.21. The van der Waals surface area contributed by atoms with Gasteiger partial charge in [-0.15, -0.1) is 0 Å². The van der Waals surface area contributed by atoms with E-state index in [1.807, 2.05) is 20.8 Å². The van der Waals surface area contributed by atoms with Gasteiger partial charge >= 0.3 is 0 Å². The lowest BCUT2D eigenvalue weighted by atomic mass is 9.92. The summed E-state index contributed by atoms with van der Waals surface area (Å²) in [5, 5.41) is 29.8. The van der Waals surface area contributed by atoms with E-state index < -0.39 is 11.2 Å². The molecule has 0 aromatic heterocycles. The largest absolute Gasteiger partial charge is 0.484 e. The molecule has 4 rings (SSSR count). The Morgan fingerprint density at radius 1 is 0.818 bits per heavy atom.